The molecule has 1 rings (SSSR count). The smallest absolute Gasteiger partial charge is 0.123 e. The molecule has 0 saturated carbocycles. The van der Waals surface area contributed by atoms with E-state index < -0.39 is 0 Å². The van der Waals surface area contributed by atoms with Crippen LogP contribution in [0.4, 0.5) is 0 Å². The van der Waals surface area contributed by atoms with Crippen LogP contribution >= 0.6 is 11.6 Å². The van der Waals surface area contributed by atoms with Crippen molar-refractivity contribution in [3.05, 3.63) is 54.1 Å². The van der Waals surface area contributed by atoms with Crippen LogP contribution in [0.1, 0.15) is 5.56 Å². The van der Waals surface area contributed by atoms with Crippen molar-refractivity contribution in [1.82, 2.24) is 4.90 Å². The third-order valence-corrected chi connectivity index (χ3v) is 2.65. The van der Waals surface area contributed by atoms with Crippen molar-refractivity contribution in [2.24, 2.45) is 0 Å². The summed E-state index contributed by atoms with van der Waals surface area (Å²) in [5.41, 5.74) is 1.07. The summed E-state index contributed by atoms with van der Waals surface area (Å²) in [6, 6.07) is 5.65. The van der Waals surface area contributed by atoms with Gasteiger partial charge in [0.15, 0.2) is 0 Å². The van der Waals surface area contributed by atoms with Crippen LogP contribution in [0.25, 0.3) is 0 Å². The van der Waals surface area contributed by atoms with E-state index in [1.165, 1.54) is 0 Å². The van der Waals surface area contributed by atoms with Crippen LogP contribution < -0.4 is 4.74 Å². The van der Waals surface area contributed by atoms with Crippen LogP contribution in [0, 0.1) is 0 Å². The van der Waals surface area contributed by atoms with E-state index in [0.717, 1.165) is 36.0 Å². The molecule has 0 aliphatic heterocycles. The van der Waals surface area contributed by atoms with Gasteiger partial charge in [0.05, 0.1) is 7.11 Å². The van der Waals surface area contributed by atoms with E-state index in [1.807, 2.05) is 30.4 Å². The molecule has 0 radical (unpaired) electrons. The maximum atomic E-state index is 6.00. The first-order valence-corrected chi connectivity index (χ1v) is 5.85. The van der Waals surface area contributed by atoms with E-state index in [2.05, 4.69) is 18.1 Å². The van der Waals surface area contributed by atoms with Gasteiger partial charge in [0, 0.05) is 30.2 Å². The molecule has 0 saturated heterocycles. The minimum Gasteiger partial charge on any atom is -0.496 e. The van der Waals surface area contributed by atoms with Gasteiger partial charge < -0.3 is 4.74 Å². The lowest BCUT2D eigenvalue weighted by atomic mass is 10.2. The fourth-order valence-corrected chi connectivity index (χ4v) is 1.88. The quantitative estimate of drug-likeness (QED) is 0.688. The number of ether oxygens (including phenoxy) is 1. The number of hydrogen-bond acceptors (Lipinski definition) is 2. The molecule has 0 aliphatic carbocycles. The Morgan fingerprint density at radius 1 is 1.29 bits per heavy atom. The number of hydrogen-bond donors (Lipinski definition) is 0. The highest BCUT2D eigenvalue weighted by molar-refractivity contribution is 6.30. The van der Waals surface area contributed by atoms with Gasteiger partial charge in [-0.2, -0.15) is 0 Å². The zero-order valence-corrected chi connectivity index (χ0v) is 10.9. The Hall–Kier alpha value is -1.25. The zero-order valence-electron chi connectivity index (χ0n) is 10.2. The van der Waals surface area contributed by atoms with Gasteiger partial charge in [-0.25, -0.2) is 0 Å². The minimum absolute atomic E-state index is 0.720. The average Bonchev–Trinajstić information content (AvgIpc) is 2.30. The first-order chi connectivity index (χ1) is 8.21. The summed E-state index contributed by atoms with van der Waals surface area (Å²) < 4.78 is 5.32. The molecule has 0 amide bonds. The maximum Gasteiger partial charge on any atom is 0.123 e. The molecule has 2 nitrogen and oxygen atoms in total. The average molecular weight is 252 g/mol. The number of nitrogens with zero attached hydrogens (tertiary/aromatic N) is 1. The molecule has 0 heterocycles. The van der Waals surface area contributed by atoms with Crippen molar-refractivity contribution >= 4 is 11.6 Å². The van der Waals surface area contributed by atoms with Gasteiger partial charge >= 0.3 is 0 Å². The monoisotopic (exact) mass is 251 g/mol. The van der Waals surface area contributed by atoms with Crippen molar-refractivity contribution in [3.63, 3.8) is 0 Å². The summed E-state index contributed by atoms with van der Waals surface area (Å²) in [5.74, 6) is 0.854. The van der Waals surface area contributed by atoms with E-state index in [4.69, 9.17) is 16.3 Å². The standard InChI is InChI=1S/C14H18ClNO/c1-4-8-16(9-5-2)11-12-10-13(15)6-7-14(12)17-3/h4-7,10H,1-2,8-9,11H2,3H3. The van der Waals surface area contributed by atoms with Crippen LogP contribution in [-0.2, 0) is 6.54 Å². The Labute approximate surface area is 108 Å². The maximum absolute atomic E-state index is 6.00. The molecule has 0 aliphatic rings. The molecule has 0 N–H and O–H groups in total. The zero-order chi connectivity index (χ0) is 12.7. The molecule has 17 heavy (non-hydrogen) atoms. The molecule has 0 aromatic heterocycles. The van der Waals surface area contributed by atoms with Gasteiger partial charge in [-0.15, -0.1) is 13.2 Å². The third kappa shape index (κ3) is 4.25. The van der Waals surface area contributed by atoms with E-state index in [1.54, 1.807) is 7.11 Å². The second kappa shape index (κ2) is 7.15. The summed E-state index contributed by atoms with van der Waals surface area (Å²) in [7, 11) is 1.66. The molecule has 0 unspecified atom stereocenters. The van der Waals surface area contributed by atoms with Crippen LogP contribution in [0.2, 0.25) is 5.02 Å². The topological polar surface area (TPSA) is 12.5 Å². The van der Waals surface area contributed by atoms with Crippen molar-refractivity contribution in [2.75, 3.05) is 20.2 Å². The Kier molecular flexibility index (Phi) is 5.81. The second-order valence-electron chi connectivity index (χ2n) is 3.73. The fraction of sp³-hybridized carbons (Fsp3) is 0.286. The SMILES string of the molecule is C=CCN(CC=C)Cc1cc(Cl)ccc1OC. The van der Waals surface area contributed by atoms with Gasteiger partial charge in [-0.3, -0.25) is 4.90 Å². The number of halogens is 1. The number of rotatable bonds is 7. The molecular formula is C14H18ClNO. The first kappa shape index (κ1) is 13.8. The number of benzene rings is 1. The highest BCUT2D eigenvalue weighted by atomic mass is 35.5. The lowest BCUT2D eigenvalue weighted by Gasteiger charge is -2.20. The molecular weight excluding hydrogens is 234 g/mol. The summed E-state index contributed by atoms with van der Waals surface area (Å²) in [5, 5.41) is 0.720. The van der Waals surface area contributed by atoms with Crippen LogP contribution in [0.5, 0.6) is 5.75 Å². The van der Waals surface area contributed by atoms with E-state index >= 15 is 0 Å². The second-order valence-corrected chi connectivity index (χ2v) is 4.16. The van der Waals surface area contributed by atoms with Crippen LogP contribution in [-0.4, -0.2) is 25.1 Å². The summed E-state index contributed by atoms with van der Waals surface area (Å²) in [4.78, 5) is 2.20. The highest BCUT2D eigenvalue weighted by Gasteiger charge is 2.08. The van der Waals surface area contributed by atoms with Gasteiger partial charge in [-0.1, -0.05) is 23.8 Å². The summed E-state index contributed by atoms with van der Waals surface area (Å²) in [6.07, 6.45) is 3.75. The molecule has 0 spiro atoms. The molecule has 0 fully saturated rings. The third-order valence-electron chi connectivity index (χ3n) is 2.41. The van der Waals surface area contributed by atoms with Crippen LogP contribution in [0.3, 0.4) is 0 Å². The summed E-state index contributed by atoms with van der Waals surface area (Å²) >= 11 is 6.00. The predicted molar refractivity (Wildman–Crippen MR) is 73.7 cm³/mol. The van der Waals surface area contributed by atoms with Gasteiger partial charge in [0.25, 0.3) is 0 Å². The Balaban J connectivity index is 2.86. The molecule has 92 valence electrons. The minimum atomic E-state index is 0.720. The van der Waals surface area contributed by atoms with Crippen molar-refractivity contribution in [1.29, 1.82) is 0 Å². The lowest BCUT2D eigenvalue weighted by Crippen LogP contribution is -2.23. The molecule has 0 atom stereocenters. The van der Waals surface area contributed by atoms with Crippen molar-refractivity contribution in [3.8, 4) is 5.75 Å². The van der Waals surface area contributed by atoms with Gasteiger partial charge in [0.1, 0.15) is 5.75 Å². The molecule has 3 heteroatoms. The van der Waals surface area contributed by atoms with E-state index in [-0.39, 0.29) is 0 Å². The predicted octanol–water partition coefficient (Wildman–Crippen LogP) is 3.52. The van der Waals surface area contributed by atoms with Gasteiger partial charge in [-0.05, 0) is 18.2 Å². The van der Waals surface area contributed by atoms with Gasteiger partial charge in [0.2, 0.25) is 0 Å². The molecule has 1 aromatic rings. The number of methoxy groups -OCH3 is 1. The highest BCUT2D eigenvalue weighted by Crippen LogP contribution is 2.23. The largest absolute Gasteiger partial charge is 0.496 e. The molecule has 0 bridgehead atoms. The Morgan fingerprint density at radius 2 is 1.94 bits per heavy atom. The van der Waals surface area contributed by atoms with Crippen molar-refractivity contribution < 1.29 is 4.74 Å². The lowest BCUT2D eigenvalue weighted by molar-refractivity contribution is 0.318. The fourth-order valence-electron chi connectivity index (χ4n) is 1.68. The normalized spacial score (nSPS) is 10.3. The van der Waals surface area contributed by atoms with Crippen LogP contribution in [0.15, 0.2) is 43.5 Å². The Morgan fingerprint density at radius 3 is 2.47 bits per heavy atom. The Bertz CT molecular complexity index is 380. The van der Waals surface area contributed by atoms with E-state index in [9.17, 15) is 0 Å². The first-order valence-electron chi connectivity index (χ1n) is 5.47. The van der Waals surface area contributed by atoms with Crippen molar-refractivity contribution in [2.45, 2.75) is 6.54 Å². The summed E-state index contributed by atoms with van der Waals surface area (Å²) in [6.45, 7) is 9.88. The molecule has 1 aromatic carbocycles. The van der Waals surface area contributed by atoms with E-state index in [0.29, 0.717) is 0 Å².